The molecule has 0 spiro atoms. The number of alkyl halides is 3. The molecule has 0 fully saturated rings. The molecule has 0 aliphatic heterocycles. The van der Waals surface area contributed by atoms with Crippen LogP contribution in [0.4, 0.5) is 18.9 Å². The highest BCUT2D eigenvalue weighted by Gasteiger charge is 2.31. The van der Waals surface area contributed by atoms with Gasteiger partial charge in [-0.2, -0.15) is 18.3 Å². The standard InChI is InChI=1S/C21H20F3N3O3/c1-14-17(13-25-27(14)16-6-4-3-5-7-16)20(28)26-18-12-15(21(22,23)24)8-9-19(18)30-11-10-29-2/h3-9,12-13H,10-11H2,1-2H3,(H,26,28). The summed E-state index contributed by atoms with van der Waals surface area (Å²) in [4.78, 5) is 12.8. The van der Waals surface area contributed by atoms with Gasteiger partial charge in [-0.25, -0.2) is 4.68 Å². The molecule has 1 heterocycles. The van der Waals surface area contributed by atoms with Crippen LogP contribution in [-0.4, -0.2) is 36.0 Å². The number of anilines is 1. The van der Waals surface area contributed by atoms with Gasteiger partial charge in [-0.1, -0.05) is 18.2 Å². The van der Waals surface area contributed by atoms with E-state index >= 15 is 0 Å². The van der Waals surface area contributed by atoms with Crippen molar-refractivity contribution in [3.05, 3.63) is 71.5 Å². The summed E-state index contributed by atoms with van der Waals surface area (Å²) in [6.45, 7) is 2.07. The predicted molar refractivity (Wildman–Crippen MR) is 105 cm³/mol. The number of ether oxygens (including phenoxy) is 2. The molecule has 2 aromatic carbocycles. The fraction of sp³-hybridized carbons (Fsp3) is 0.238. The number of benzene rings is 2. The summed E-state index contributed by atoms with van der Waals surface area (Å²) >= 11 is 0. The van der Waals surface area contributed by atoms with E-state index in [0.717, 1.165) is 17.8 Å². The van der Waals surface area contributed by atoms with Crippen molar-refractivity contribution in [2.75, 3.05) is 25.6 Å². The summed E-state index contributed by atoms with van der Waals surface area (Å²) in [7, 11) is 1.48. The molecule has 1 aromatic heterocycles. The molecule has 158 valence electrons. The number of nitrogens with zero attached hydrogens (tertiary/aromatic N) is 2. The number of rotatable bonds is 7. The van der Waals surface area contributed by atoms with Gasteiger partial charge in [0.15, 0.2) is 0 Å². The molecular formula is C21H20F3N3O3. The third kappa shape index (κ3) is 4.80. The van der Waals surface area contributed by atoms with Crippen LogP contribution in [0.3, 0.4) is 0 Å². The zero-order valence-corrected chi connectivity index (χ0v) is 16.4. The number of methoxy groups -OCH3 is 1. The van der Waals surface area contributed by atoms with Crippen LogP contribution in [0.1, 0.15) is 21.6 Å². The zero-order chi connectivity index (χ0) is 21.7. The highest BCUT2D eigenvalue weighted by Crippen LogP contribution is 2.35. The SMILES string of the molecule is COCCOc1ccc(C(F)(F)F)cc1NC(=O)c1cnn(-c2ccccc2)c1C. The molecule has 3 rings (SSSR count). The van der Waals surface area contributed by atoms with Crippen molar-refractivity contribution >= 4 is 11.6 Å². The Morgan fingerprint density at radius 2 is 1.87 bits per heavy atom. The van der Waals surface area contributed by atoms with Crippen LogP contribution in [-0.2, 0) is 10.9 Å². The van der Waals surface area contributed by atoms with Gasteiger partial charge in [-0.15, -0.1) is 0 Å². The minimum Gasteiger partial charge on any atom is -0.489 e. The van der Waals surface area contributed by atoms with Crippen LogP contribution >= 0.6 is 0 Å². The van der Waals surface area contributed by atoms with Gasteiger partial charge >= 0.3 is 6.18 Å². The van der Waals surface area contributed by atoms with Crippen molar-refractivity contribution < 1.29 is 27.4 Å². The second kappa shape index (κ2) is 9.00. The van der Waals surface area contributed by atoms with Crippen molar-refractivity contribution in [3.63, 3.8) is 0 Å². The van der Waals surface area contributed by atoms with Crippen LogP contribution in [0, 0.1) is 6.92 Å². The summed E-state index contributed by atoms with van der Waals surface area (Å²) in [6, 6.07) is 12.1. The Balaban J connectivity index is 1.89. The lowest BCUT2D eigenvalue weighted by Gasteiger charge is -2.15. The molecule has 3 aromatic rings. The number of hydrogen-bond acceptors (Lipinski definition) is 4. The van der Waals surface area contributed by atoms with Crippen molar-refractivity contribution in [1.29, 1.82) is 0 Å². The van der Waals surface area contributed by atoms with Crippen LogP contribution in [0.5, 0.6) is 5.75 Å². The van der Waals surface area contributed by atoms with Gasteiger partial charge in [-0.3, -0.25) is 4.79 Å². The van der Waals surface area contributed by atoms with Crippen molar-refractivity contribution in [3.8, 4) is 11.4 Å². The molecular weight excluding hydrogens is 399 g/mol. The monoisotopic (exact) mass is 419 g/mol. The highest BCUT2D eigenvalue weighted by molar-refractivity contribution is 6.05. The molecule has 1 amide bonds. The molecule has 0 aliphatic carbocycles. The van der Waals surface area contributed by atoms with Crippen molar-refractivity contribution in [1.82, 2.24) is 9.78 Å². The van der Waals surface area contributed by atoms with Crippen LogP contribution in [0.15, 0.2) is 54.7 Å². The number of para-hydroxylation sites is 1. The maximum absolute atomic E-state index is 13.1. The van der Waals surface area contributed by atoms with Crippen molar-refractivity contribution in [2.45, 2.75) is 13.1 Å². The van der Waals surface area contributed by atoms with Gasteiger partial charge in [0, 0.05) is 7.11 Å². The first-order valence-electron chi connectivity index (χ1n) is 9.05. The Bertz CT molecular complexity index is 1020. The van der Waals surface area contributed by atoms with E-state index in [4.69, 9.17) is 9.47 Å². The molecule has 0 aliphatic rings. The first kappa shape index (κ1) is 21.4. The Hall–Kier alpha value is -3.33. The molecule has 0 saturated carbocycles. The van der Waals surface area contributed by atoms with Gasteiger partial charge in [0.1, 0.15) is 12.4 Å². The summed E-state index contributed by atoms with van der Waals surface area (Å²) in [5, 5.41) is 6.73. The molecule has 30 heavy (non-hydrogen) atoms. The molecule has 9 heteroatoms. The minimum atomic E-state index is -4.56. The van der Waals surface area contributed by atoms with E-state index in [-0.39, 0.29) is 30.2 Å². The lowest BCUT2D eigenvalue weighted by Crippen LogP contribution is -2.16. The number of nitrogens with one attached hydrogen (secondary N) is 1. The molecule has 0 radical (unpaired) electrons. The van der Waals surface area contributed by atoms with Crippen LogP contribution in [0.2, 0.25) is 0 Å². The molecule has 6 nitrogen and oxygen atoms in total. The fourth-order valence-corrected chi connectivity index (χ4v) is 2.82. The van der Waals surface area contributed by atoms with Gasteiger partial charge in [0.2, 0.25) is 0 Å². The first-order valence-corrected chi connectivity index (χ1v) is 9.05. The van der Waals surface area contributed by atoms with Gasteiger partial charge in [0.05, 0.1) is 41.0 Å². The predicted octanol–water partition coefficient (Wildman–Crippen LogP) is 4.48. The van der Waals surface area contributed by atoms with E-state index < -0.39 is 17.6 Å². The van der Waals surface area contributed by atoms with Gasteiger partial charge in [0.25, 0.3) is 5.91 Å². The van der Waals surface area contributed by atoms with E-state index in [1.807, 2.05) is 30.3 Å². The number of amides is 1. The van der Waals surface area contributed by atoms with Gasteiger partial charge in [-0.05, 0) is 37.3 Å². The van der Waals surface area contributed by atoms with Crippen molar-refractivity contribution in [2.24, 2.45) is 0 Å². The summed E-state index contributed by atoms with van der Waals surface area (Å²) < 4.78 is 51.3. The minimum absolute atomic E-state index is 0.0854. The fourth-order valence-electron chi connectivity index (χ4n) is 2.82. The number of halogens is 3. The number of carbonyl (C=O) groups excluding carboxylic acids is 1. The largest absolute Gasteiger partial charge is 0.489 e. The quantitative estimate of drug-likeness (QED) is 0.574. The third-order valence-corrected chi connectivity index (χ3v) is 4.36. The van der Waals surface area contributed by atoms with E-state index in [1.54, 1.807) is 11.6 Å². The first-order chi connectivity index (χ1) is 14.3. The third-order valence-electron chi connectivity index (χ3n) is 4.36. The molecule has 0 unspecified atom stereocenters. The van der Waals surface area contributed by atoms with E-state index in [2.05, 4.69) is 10.4 Å². The highest BCUT2D eigenvalue weighted by atomic mass is 19.4. The smallest absolute Gasteiger partial charge is 0.416 e. The molecule has 0 atom stereocenters. The second-order valence-electron chi connectivity index (χ2n) is 6.40. The Morgan fingerprint density at radius 1 is 1.13 bits per heavy atom. The molecule has 0 saturated heterocycles. The molecule has 0 bridgehead atoms. The summed E-state index contributed by atoms with van der Waals surface area (Å²) in [6.07, 6.45) is -3.19. The lowest BCUT2D eigenvalue weighted by molar-refractivity contribution is -0.137. The number of aromatic nitrogens is 2. The zero-order valence-electron chi connectivity index (χ0n) is 16.4. The maximum Gasteiger partial charge on any atom is 0.416 e. The van der Waals surface area contributed by atoms with E-state index in [1.165, 1.54) is 19.4 Å². The second-order valence-corrected chi connectivity index (χ2v) is 6.40. The normalized spacial score (nSPS) is 11.4. The number of carbonyl (C=O) groups is 1. The lowest BCUT2D eigenvalue weighted by atomic mass is 10.1. The Morgan fingerprint density at radius 3 is 2.53 bits per heavy atom. The average Bonchev–Trinajstić information content (AvgIpc) is 3.10. The summed E-state index contributed by atoms with van der Waals surface area (Å²) in [5.41, 5.74) is 0.565. The molecule has 1 N–H and O–H groups in total. The van der Waals surface area contributed by atoms with Gasteiger partial charge < -0.3 is 14.8 Å². The topological polar surface area (TPSA) is 65.4 Å². The average molecular weight is 419 g/mol. The maximum atomic E-state index is 13.1. The number of hydrogen-bond donors (Lipinski definition) is 1. The van der Waals surface area contributed by atoms with Crippen LogP contribution in [0.25, 0.3) is 5.69 Å². The van der Waals surface area contributed by atoms with Crippen LogP contribution < -0.4 is 10.1 Å². The van der Waals surface area contributed by atoms with E-state index in [9.17, 15) is 18.0 Å². The Kier molecular flexibility index (Phi) is 6.41. The Labute approximate surface area is 171 Å². The van der Waals surface area contributed by atoms with E-state index in [0.29, 0.717) is 5.69 Å². The summed E-state index contributed by atoms with van der Waals surface area (Å²) in [5.74, 6) is -0.480.